The molecule has 5 heteroatoms. The van der Waals surface area contributed by atoms with Crippen molar-refractivity contribution in [3.63, 3.8) is 0 Å². The fraction of sp³-hybridized carbons (Fsp3) is 0.276. The third kappa shape index (κ3) is 5.03. The van der Waals surface area contributed by atoms with Gasteiger partial charge >= 0.3 is 37.7 Å². The number of nitrogens with zero attached hydrogens (tertiary/aromatic N) is 2. The molecule has 0 saturated carbocycles. The predicted octanol–water partition coefficient (Wildman–Crippen LogP) is -0.694. The Kier molecular flexibility index (Phi) is 8.76. The van der Waals surface area contributed by atoms with Gasteiger partial charge < -0.3 is 9.88 Å². The molecule has 2 nitrogen and oxygen atoms in total. The van der Waals surface area contributed by atoms with E-state index in [0.717, 1.165) is 13.1 Å². The quantitative estimate of drug-likeness (QED) is 0.291. The van der Waals surface area contributed by atoms with E-state index in [-0.39, 0.29) is 43.3 Å². The molecule has 1 saturated heterocycles. The molecule has 1 fully saturated rings. The van der Waals surface area contributed by atoms with Gasteiger partial charge in [-0.1, -0.05) is 104 Å². The van der Waals surface area contributed by atoms with Crippen molar-refractivity contribution in [2.45, 2.75) is 39.2 Å². The third-order valence-corrected chi connectivity index (χ3v) is 11.0. The number of hydrogen-bond acceptors (Lipinski definition) is 1. The van der Waals surface area contributed by atoms with Crippen LogP contribution in [0.25, 0.3) is 15.8 Å². The van der Waals surface area contributed by atoms with Crippen LogP contribution in [0.15, 0.2) is 91.0 Å². The van der Waals surface area contributed by atoms with Crippen LogP contribution in [-0.4, -0.2) is 26.9 Å². The van der Waals surface area contributed by atoms with E-state index in [2.05, 4.69) is 117 Å². The Labute approximate surface area is 229 Å². The van der Waals surface area contributed by atoms with Gasteiger partial charge in [0.15, 0.2) is 0 Å². The van der Waals surface area contributed by atoms with Crippen molar-refractivity contribution < 1.29 is 37.7 Å². The average Bonchev–Trinajstić information content (AvgIpc) is 3.46. The SMILES string of the molecule is CC(C)(C)[N-][Si](c1ccccc1)(c1ccccc1)[c-]1cc(N2CCCC2)c2ccccc21.[Li+].[Li+]. The summed E-state index contributed by atoms with van der Waals surface area (Å²) in [6.45, 7) is 9.03. The van der Waals surface area contributed by atoms with Crippen molar-refractivity contribution in [3.05, 3.63) is 96.0 Å². The first-order chi connectivity index (χ1) is 15.5. The average molecular weight is 451 g/mol. The Bertz CT molecular complexity index is 1150. The van der Waals surface area contributed by atoms with Gasteiger partial charge in [-0.25, -0.2) is 0 Å². The summed E-state index contributed by atoms with van der Waals surface area (Å²) in [5.41, 5.74) is 1.23. The second-order valence-corrected chi connectivity index (χ2v) is 13.2. The van der Waals surface area contributed by atoms with Crippen LogP contribution >= 0.6 is 0 Å². The van der Waals surface area contributed by atoms with Crippen LogP contribution in [0, 0.1) is 0 Å². The van der Waals surface area contributed by atoms with Gasteiger partial charge in [-0.3, -0.25) is 0 Å². The first-order valence-electron chi connectivity index (χ1n) is 11.8. The fourth-order valence-electron chi connectivity index (χ4n) is 5.28. The van der Waals surface area contributed by atoms with Crippen LogP contribution in [0.1, 0.15) is 33.6 Å². The van der Waals surface area contributed by atoms with E-state index >= 15 is 0 Å². The molecular formula is C29H32Li2N2Si. The minimum absolute atomic E-state index is 0. The Morgan fingerprint density at radius 3 is 1.76 bits per heavy atom. The predicted molar refractivity (Wildman–Crippen MR) is 142 cm³/mol. The summed E-state index contributed by atoms with van der Waals surface area (Å²) in [5, 5.41) is 6.86. The van der Waals surface area contributed by atoms with Gasteiger partial charge in [0.05, 0.1) is 0 Å². The molecule has 5 rings (SSSR count). The summed E-state index contributed by atoms with van der Waals surface area (Å²) in [7, 11) is -2.66. The van der Waals surface area contributed by atoms with Gasteiger partial charge in [0, 0.05) is 13.1 Å². The molecule has 0 amide bonds. The number of rotatable bonds is 5. The zero-order valence-electron chi connectivity index (χ0n) is 21.4. The minimum atomic E-state index is -2.66. The summed E-state index contributed by atoms with van der Waals surface area (Å²) < 4.78 is 0. The van der Waals surface area contributed by atoms with E-state index in [1.54, 1.807) is 0 Å². The number of fused-ring (bicyclic) bond motifs is 1. The zero-order valence-corrected chi connectivity index (χ0v) is 22.4. The topological polar surface area (TPSA) is 17.3 Å². The smallest absolute Gasteiger partial charge is 0.656 e. The van der Waals surface area contributed by atoms with Crippen LogP contribution in [0.3, 0.4) is 0 Å². The summed E-state index contributed by atoms with van der Waals surface area (Å²) in [5.74, 6) is 0. The molecule has 1 aliphatic heterocycles. The monoisotopic (exact) mass is 450 g/mol. The normalized spacial score (nSPS) is 14.0. The second kappa shape index (κ2) is 11.0. The molecule has 0 atom stereocenters. The van der Waals surface area contributed by atoms with Crippen LogP contribution in [0.5, 0.6) is 0 Å². The Hall–Kier alpha value is -1.56. The molecule has 4 aromatic carbocycles. The standard InChI is InChI=1S/C29H32N2Si.2Li/c1-29(2,3)30-32(23-14-6-4-7-15-23,24-16-8-5-9-17-24)28-22-27(31-20-12-13-21-31)25-18-10-11-19-26(25)28;;/h4-11,14-19,22H,12-13,20-21H2,1-3H3;;/q-2;2*+1. The zero-order chi connectivity index (χ0) is 22.2. The van der Waals surface area contributed by atoms with Gasteiger partial charge in [0.1, 0.15) is 0 Å². The van der Waals surface area contributed by atoms with E-state index in [0.29, 0.717) is 0 Å². The molecule has 4 aromatic rings. The van der Waals surface area contributed by atoms with Crippen molar-refractivity contribution in [1.29, 1.82) is 0 Å². The van der Waals surface area contributed by atoms with Gasteiger partial charge in [0.25, 0.3) is 0 Å². The summed E-state index contributed by atoms with van der Waals surface area (Å²) >= 11 is 0. The maximum absolute atomic E-state index is 5.76. The molecule has 1 aliphatic rings. The Balaban J connectivity index is 0.00000162. The third-order valence-electron chi connectivity index (χ3n) is 6.50. The molecule has 0 aliphatic carbocycles. The number of benzene rings is 3. The summed E-state index contributed by atoms with van der Waals surface area (Å²) in [4.78, 5) is 8.34. The van der Waals surface area contributed by atoms with E-state index in [1.165, 1.54) is 44.9 Å². The van der Waals surface area contributed by atoms with Gasteiger partial charge in [0.2, 0.25) is 0 Å². The van der Waals surface area contributed by atoms with E-state index < -0.39 is 8.24 Å². The van der Waals surface area contributed by atoms with E-state index in [4.69, 9.17) is 4.98 Å². The second-order valence-electron chi connectivity index (χ2n) is 9.91. The maximum atomic E-state index is 5.76. The molecule has 0 bridgehead atoms. The molecule has 164 valence electrons. The summed E-state index contributed by atoms with van der Waals surface area (Å²) in [6, 6.07) is 33.6. The van der Waals surface area contributed by atoms with Crippen molar-refractivity contribution in [2.24, 2.45) is 0 Å². The fourth-order valence-corrected chi connectivity index (χ4v) is 9.92. The van der Waals surface area contributed by atoms with Gasteiger partial charge in [-0.05, 0) is 21.1 Å². The van der Waals surface area contributed by atoms with E-state index in [9.17, 15) is 0 Å². The van der Waals surface area contributed by atoms with Gasteiger partial charge in [-0.15, -0.1) is 45.8 Å². The first kappa shape index (κ1) is 27.0. The van der Waals surface area contributed by atoms with Gasteiger partial charge in [-0.2, -0.15) is 0 Å². The molecule has 0 radical (unpaired) electrons. The van der Waals surface area contributed by atoms with Crippen LogP contribution < -0.4 is 58.2 Å². The van der Waals surface area contributed by atoms with Crippen LogP contribution in [0.4, 0.5) is 5.69 Å². The van der Waals surface area contributed by atoms with Crippen molar-refractivity contribution >= 4 is 40.3 Å². The molecular weight excluding hydrogens is 418 g/mol. The number of anilines is 1. The summed E-state index contributed by atoms with van der Waals surface area (Å²) in [6.07, 6.45) is 2.56. The molecule has 0 unspecified atom stereocenters. The maximum Gasteiger partial charge on any atom is 1.00 e. The van der Waals surface area contributed by atoms with Crippen LogP contribution in [-0.2, 0) is 0 Å². The molecule has 1 heterocycles. The van der Waals surface area contributed by atoms with Crippen molar-refractivity contribution in [1.82, 2.24) is 0 Å². The van der Waals surface area contributed by atoms with Crippen molar-refractivity contribution in [2.75, 3.05) is 18.0 Å². The molecule has 0 N–H and O–H groups in total. The van der Waals surface area contributed by atoms with E-state index in [1.807, 2.05) is 0 Å². The molecule has 0 aromatic heterocycles. The molecule has 34 heavy (non-hydrogen) atoms. The Morgan fingerprint density at radius 2 is 1.24 bits per heavy atom. The van der Waals surface area contributed by atoms with Crippen molar-refractivity contribution in [3.8, 4) is 0 Å². The minimum Gasteiger partial charge on any atom is -0.656 e. The largest absolute Gasteiger partial charge is 1.00 e. The Morgan fingerprint density at radius 1 is 0.735 bits per heavy atom. The number of hydrogen-bond donors (Lipinski definition) is 0. The first-order valence-corrected chi connectivity index (χ1v) is 13.7. The van der Waals surface area contributed by atoms with Crippen LogP contribution in [0.2, 0.25) is 0 Å². The molecule has 0 spiro atoms.